The third-order valence-corrected chi connectivity index (χ3v) is 8.34. The summed E-state index contributed by atoms with van der Waals surface area (Å²) >= 11 is 4.45. The Kier molecular flexibility index (Phi) is 12.5. The molecule has 0 spiro atoms. The van der Waals surface area contributed by atoms with Crippen molar-refractivity contribution in [2.24, 2.45) is 5.11 Å². The van der Waals surface area contributed by atoms with Crippen LogP contribution in [0.25, 0.3) is 10.4 Å². The van der Waals surface area contributed by atoms with Crippen LogP contribution in [0.2, 0.25) is 0 Å². The van der Waals surface area contributed by atoms with Gasteiger partial charge in [0, 0.05) is 31.2 Å². The van der Waals surface area contributed by atoms with Crippen LogP contribution in [0.1, 0.15) is 43.0 Å². The number of fused-ring (bicyclic) bond motifs is 1. The topological polar surface area (TPSA) is 200 Å². The first-order valence-corrected chi connectivity index (χ1v) is 16.0. The van der Waals surface area contributed by atoms with Crippen LogP contribution < -0.4 is 0 Å². The van der Waals surface area contributed by atoms with Gasteiger partial charge in [0.15, 0.2) is 30.9 Å². The molecule has 3 aliphatic heterocycles. The Hall–Kier alpha value is -4.36. The number of esters is 4. The first kappa shape index (κ1) is 37.9. The SMILES string of the molecule is CC(=O)OC[C@H]1O[C@@H](O[C@@H]2[C@@H](N=[N+]=[N-])[C@H](S)O[C@@H]3COC(c4ccccc4)O[C@H]23)[C@H](OC(=O)c2cc(F)ccc2F)[C@@H](OC(C)=O)[C@H]1OC(C)=O. The molecule has 0 bridgehead atoms. The van der Waals surface area contributed by atoms with Gasteiger partial charge in [0.1, 0.15) is 54.1 Å². The molecule has 0 aromatic heterocycles. The molecule has 1 unspecified atom stereocenters. The van der Waals surface area contributed by atoms with Gasteiger partial charge < -0.3 is 42.6 Å². The van der Waals surface area contributed by atoms with Gasteiger partial charge in [-0.1, -0.05) is 35.4 Å². The smallest absolute Gasteiger partial charge is 0.341 e. The summed E-state index contributed by atoms with van der Waals surface area (Å²) in [6.07, 6.45) is -12.7. The number of carbonyl (C=O) groups is 4. The zero-order valence-electron chi connectivity index (χ0n) is 27.2. The van der Waals surface area contributed by atoms with Gasteiger partial charge in [0.2, 0.25) is 0 Å². The molecule has 51 heavy (non-hydrogen) atoms. The highest BCUT2D eigenvalue weighted by molar-refractivity contribution is 7.80. The number of nitrogens with zero attached hydrogens (tertiary/aromatic N) is 3. The van der Waals surface area contributed by atoms with Crippen LogP contribution in [-0.4, -0.2) is 97.6 Å². The van der Waals surface area contributed by atoms with E-state index in [2.05, 4.69) is 22.7 Å². The summed E-state index contributed by atoms with van der Waals surface area (Å²) in [5.74, 6) is -6.17. The van der Waals surface area contributed by atoms with Gasteiger partial charge in [0.05, 0.1) is 12.2 Å². The molecule has 16 nitrogen and oxygen atoms in total. The van der Waals surface area contributed by atoms with Crippen LogP contribution in [-0.2, 0) is 57.0 Å². The number of ether oxygens (including phenoxy) is 9. The highest BCUT2D eigenvalue weighted by Gasteiger charge is 2.57. The molecular weight excluding hydrogens is 704 g/mol. The fourth-order valence-corrected chi connectivity index (χ4v) is 6.18. The third kappa shape index (κ3) is 9.12. The van der Waals surface area contributed by atoms with Crippen molar-refractivity contribution in [2.45, 2.75) is 87.6 Å². The van der Waals surface area contributed by atoms with Crippen molar-refractivity contribution in [3.63, 3.8) is 0 Å². The highest BCUT2D eigenvalue weighted by atomic mass is 32.1. The molecule has 0 radical (unpaired) electrons. The first-order chi connectivity index (χ1) is 24.4. The van der Waals surface area contributed by atoms with Crippen molar-refractivity contribution < 1.29 is 70.6 Å². The molecule has 0 saturated carbocycles. The Morgan fingerprint density at radius 3 is 2.27 bits per heavy atom. The van der Waals surface area contributed by atoms with Crippen molar-refractivity contribution in [2.75, 3.05) is 13.2 Å². The molecule has 3 heterocycles. The largest absolute Gasteiger partial charge is 0.463 e. The molecule has 0 N–H and O–H groups in total. The number of thiol groups is 1. The number of azide groups is 1. The molecule has 11 atom stereocenters. The summed E-state index contributed by atoms with van der Waals surface area (Å²) in [5, 5.41) is 3.81. The molecule has 19 heteroatoms. The summed E-state index contributed by atoms with van der Waals surface area (Å²) in [5.41, 5.74) is 8.17. The van der Waals surface area contributed by atoms with Gasteiger partial charge in [-0.25, -0.2) is 13.6 Å². The molecule has 3 fully saturated rings. The van der Waals surface area contributed by atoms with Crippen LogP contribution >= 0.6 is 12.6 Å². The van der Waals surface area contributed by atoms with E-state index < -0.39 is 114 Å². The number of halogens is 2. The van der Waals surface area contributed by atoms with Crippen molar-refractivity contribution in [1.29, 1.82) is 0 Å². The lowest BCUT2D eigenvalue weighted by Gasteiger charge is -2.50. The number of rotatable bonds is 10. The first-order valence-electron chi connectivity index (χ1n) is 15.5. The summed E-state index contributed by atoms with van der Waals surface area (Å²) in [4.78, 5) is 52.9. The molecule has 274 valence electrons. The molecule has 3 aliphatic rings. The normalized spacial score (nSPS) is 31.6. The van der Waals surface area contributed by atoms with Gasteiger partial charge in [-0.15, -0.1) is 12.6 Å². The fraction of sp³-hybridized carbons (Fsp3) is 0.500. The Morgan fingerprint density at radius 2 is 1.61 bits per heavy atom. The number of hydrogen-bond acceptors (Lipinski definition) is 15. The van der Waals surface area contributed by atoms with E-state index in [1.165, 1.54) is 0 Å². The Balaban J connectivity index is 1.58. The van der Waals surface area contributed by atoms with Gasteiger partial charge in [-0.05, 0) is 23.7 Å². The lowest BCUT2D eigenvalue weighted by Crippen LogP contribution is -2.66. The zero-order chi connectivity index (χ0) is 36.8. The molecule has 5 rings (SSSR count). The summed E-state index contributed by atoms with van der Waals surface area (Å²) in [7, 11) is 0. The molecule has 2 aromatic rings. The standard InChI is InChI=1S/C32H33F2N3O13S/c1-14(38)42-12-21-25(44-15(2)39)27(45-16(3)40)28(48-29(41)19-11-18(33)9-10-20(19)34)31(46-21)50-26-23(36-37-35)32(51)47-22-13-43-30(49-24(22)26)17-7-5-4-6-8-17/h4-11,21-28,30-32,51H,12-13H2,1-3H3/t21-,22-,23-,24+,25+,26-,27+,28-,30?,31+,32+/m1/s1. The van der Waals surface area contributed by atoms with Gasteiger partial charge >= 0.3 is 23.9 Å². The van der Waals surface area contributed by atoms with Crippen LogP contribution in [0.5, 0.6) is 0 Å². The Labute approximate surface area is 294 Å². The second-order valence-corrected chi connectivity index (χ2v) is 12.0. The molecule has 0 amide bonds. The lowest BCUT2D eigenvalue weighted by molar-refractivity contribution is -0.355. The van der Waals surface area contributed by atoms with Gasteiger partial charge in [0.25, 0.3) is 0 Å². The minimum atomic E-state index is -1.89. The maximum atomic E-state index is 14.7. The molecule has 0 aliphatic carbocycles. The average molecular weight is 738 g/mol. The van der Waals surface area contributed by atoms with Gasteiger partial charge in [-0.3, -0.25) is 14.4 Å². The van der Waals surface area contributed by atoms with Crippen molar-refractivity contribution in [3.8, 4) is 0 Å². The minimum absolute atomic E-state index is 0.0351. The molecule has 2 aromatic carbocycles. The second kappa shape index (κ2) is 16.8. The molecular formula is C32H33F2N3O13S. The third-order valence-electron chi connectivity index (χ3n) is 7.91. The van der Waals surface area contributed by atoms with E-state index in [0.29, 0.717) is 17.7 Å². The predicted octanol–water partition coefficient (Wildman–Crippen LogP) is 3.47. The highest BCUT2D eigenvalue weighted by Crippen LogP contribution is 2.40. The monoisotopic (exact) mass is 737 g/mol. The predicted molar refractivity (Wildman–Crippen MR) is 167 cm³/mol. The number of carbonyl (C=O) groups excluding carboxylic acids is 4. The maximum absolute atomic E-state index is 14.7. The summed E-state index contributed by atoms with van der Waals surface area (Å²) < 4.78 is 81.2. The molecule has 3 saturated heterocycles. The quantitative estimate of drug-likeness (QED) is 0.0929. The Bertz CT molecular complexity index is 1650. The van der Waals surface area contributed by atoms with E-state index in [1.54, 1.807) is 30.3 Å². The fourth-order valence-electron chi connectivity index (χ4n) is 5.80. The lowest BCUT2D eigenvalue weighted by atomic mass is 9.95. The van der Waals surface area contributed by atoms with E-state index in [4.69, 9.17) is 42.6 Å². The van der Waals surface area contributed by atoms with E-state index in [-0.39, 0.29) is 6.61 Å². The van der Waals surface area contributed by atoms with E-state index >= 15 is 0 Å². The van der Waals surface area contributed by atoms with Crippen molar-refractivity contribution >= 4 is 36.5 Å². The average Bonchev–Trinajstić information content (AvgIpc) is 3.08. The van der Waals surface area contributed by atoms with E-state index in [9.17, 15) is 33.5 Å². The van der Waals surface area contributed by atoms with Crippen LogP contribution in [0, 0.1) is 11.6 Å². The van der Waals surface area contributed by atoms with E-state index in [1.807, 2.05) is 0 Å². The van der Waals surface area contributed by atoms with Crippen LogP contribution in [0.15, 0.2) is 53.6 Å². The second-order valence-electron chi connectivity index (χ2n) is 11.5. The summed E-state index contributed by atoms with van der Waals surface area (Å²) in [6, 6.07) is 9.63. The Morgan fingerprint density at radius 1 is 0.902 bits per heavy atom. The van der Waals surface area contributed by atoms with E-state index in [0.717, 1.165) is 26.8 Å². The van der Waals surface area contributed by atoms with Gasteiger partial charge in [-0.2, -0.15) is 0 Å². The minimum Gasteiger partial charge on any atom is -0.463 e. The van der Waals surface area contributed by atoms with Crippen LogP contribution in [0.3, 0.4) is 0 Å². The maximum Gasteiger partial charge on any atom is 0.341 e. The van der Waals surface area contributed by atoms with Crippen LogP contribution in [0.4, 0.5) is 8.78 Å². The number of benzene rings is 2. The van der Waals surface area contributed by atoms with Crippen molar-refractivity contribution in [1.82, 2.24) is 0 Å². The zero-order valence-corrected chi connectivity index (χ0v) is 28.1. The number of hydrogen-bond donors (Lipinski definition) is 1. The van der Waals surface area contributed by atoms with Crippen molar-refractivity contribution in [3.05, 3.63) is 81.7 Å². The summed E-state index contributed by atoms with van der Waals surface area (Å²) in [6.45, 7) is 2.52.